The summed E-state index contributed by atoms with van der Waals surface area (Å²) >= 11 is 0. The van der Waals surface area contributed by atoms with Crippen molar-refractivity contribution in [3.63, 3.8) is 0 Å². The van der Waals surface area contributed by atoms with Crippen molar-refractivity contribution in [1.82, 2.24) is 0 Å². The van der Waals surface area contributed by atoms with Crippen LogP contribution >= 0.6 is 0 Å². The summed E-state index contributed by atoms with van der Waals surface area (Å²) in [7, 11) is 0. The summed E-state index contributed by atoms with van der Waals surface area (Å²) in [6.07, 6.45) is 8.93. The molecule has 0 aromatic heterocycles. The van der Waals surface area contributed by atoms with E-state index < -0.39 is 0 Å². The maximum Gasteiger partial charge on any atom is -0.0265 e. The van der Waals surface area contributed by atoms with E-state index in [0.717, 1.165) is 6.42 Å². The Bertz CT molecular complexity index is 60.4. The molecule has 0 unspecified atom stereocenters. The van der Waals surface area contributed by atoms with Gasteiger partial charge in [0.05, 0.1) is 0 Å². The molecule has 0 aromatic carbocycles. The van der Waals surface area contributed by atoms with Crippen LogP contribution in [0.4, 0.5) is 0 Å². The number of hydrogen-bond acceptors (Lipinski definition) is 0. The van der Waals surface area contributed by atoms with Crippen LogP contribution in [0.1, 0.15) is 19.8 Å². The first kappa shape index (κ1) is 6.48. The average molecular weight is 95.2 g/mol. The fourth-order valence-electron chi connectivity index (χ4n) is 0.333. The van der Waals surface area contributed by atoms with Gasteiger partial charge >= 0.3 is 0 Å². The van der Waals surface area contributed by atoms with Gasteiger partial charge in [0.2, 0.25) is 0 Å². The van der Waals surface area contributed by atoms with E-state index in [1.54, 1.807) is 0 Å². The zero-order valence-electron chi connectivity index (χ0n) is 4.78. The highest BCUT2D eigenvalue weighted by molar-refractivity contribution is 4.89. The maximum atomic E-state index is 3.42. The lowest BCUT2D eigenvalue weighted by atomic mass is 10.3. The minimum Gasteiger partial charge on any atom is -0.0912 e. The molecule has 0 rings (SSSR count). The summed E-state index contributed by atoms with van der Waals surface area (Å²) in [5, 5.41) is 0. The molecule has 0 aliphatic heterocycles. The van der Waals surface area contributed by atoms with Gasteiger partial charge in [-0.15, -0.1) is 0 Å². The van der Waals surface area contributed by atoms with Gasteiger partial charge in [-0.05, 0) is 12.5 Å². The van der Waals surface area contributed by atoms with Crippen LogP contribution in [0.5, 0.6) is 0 Å². The normalized spacial score (nSPS) is 9.86. The summed E-state index contributed by atoms with van der Waals surface area (Å²) in [5.74, 6) is 0. The Morgan fingerprint density at radius 1 is 1.71 bits per heavy atom. The van der Waals surface area contributed by atoms with Gasteiger partial charge in [-0.25, -0.2) is 0 Å². The van der Waals surface area contributed by atoms with E-state index in [0.29, 0.717) is 0 Å². The molecule has 7 heavy (non-hydrogen) atoms. The summed E-state index contributed by atoms with van der Waals surface area (Å²) in [6.45, 7) is 5.57. The number of rotatable bonds is 3. The Morgan fingerprint density at radius 3 is 2.86 bits per heavy atom. The quantitative estimate of drug-likeness (QED) is 0.472. The van der Waals surface area contributed by atoms with Gasteiger partial charge in [-0.1, -0.05) is 32.1 Å². The molecule has 1 radical (unpaired) electrons. The maximum absolute atomic E-state index is 3.42. The summed E-state index contributed by atoms with van der Waals surface area (Å²) in [4.78, 5) is 0. The standard InChI is InChI=1S/C7H11/c1-3-5-7-6-4-2/h5,7H,1,4,6H2,2H3/b7-5+. The fourth-order valence-corrected chi connectivity index (χ4v) is 0.333. The third-order valence-electron chi connectivity index (χ3n) is 0.691. The van der Waals surface area contributed by atoms with E-state index in [9.17, 15) is 0 Å². The van der Waals surface area contributed by atoms with E-state index in [2.05, 4.69) is 25.7 Å². The minimum atomic E-state index is 1.14. The lowest BCUT2D eigenvalue weighted by molar-refractivity contribution is 0.958. The molecule has 0 amide bonds. The van der Waals surface area contributed by atoms with Crippen LogP contribution < -0.4 is 0 Å². The largest absolute Gasteiger partial charge is 0.0912 e. The molecule has 0 fully saturated rings. The summed E-state index contributed by atoms with van der Waals surface area (Å²) < 4.78 is 0. The molecule has 0 bridgehead atoms. The molecular formula is C7H11. The smallest absolute Gasteiger partial charge is 0.0265 e. The topological polar surface area (TPSA) is 0 Å². The molecule has 0 nitrogen and oxygen atoms in total. The molecule has 39 valence electrons. The Balaban J connectivity index is 2.92. The van der Waals surface area contributed by atoms with Gasteiger partial charge in [0.25, 0.3) is 0 Å². The third-order valence-corrected chi connectivity index (χ3v) is 0.691. The van der Waals surface area contributed by atoms with Crippen molar-refractivity contribution in [3.8, 4) is 0 Å². The van der Waals surface area contributed by atoms with Crippen LogP contribution in [0, 0.1) is 6.08 Å². The van der Waals surface area contributed by atoms with E-state index in [-0.39, 0.29) is 0 Å². The average Bonchev–Trinajstić information content (AvgIpc) is 1.69. The zero-order valence-corrected chi connectivity index (χ0v) is 4.78. The highest BCUT2D eigenvalue weighted by Crippen LogP contribution is 1.86. The van der Waals surface area contributed by atoms with Gasteiger partial charge in [0.1, 0.15) is 0 Å². The minimum absolute atomic E-state index is 1.14. The van der Waals surface area contributed by atoms with Crippen molar-refractivity contribution >= 4 is 0 Å². The fraction of sp³-hybridized carbons (Fsp3) is 0.429. The Hall–Kier alpha value is -0.520. The third kappa shape index (κ3) is 5.48. The van der Waals surface area contributed by atoms with Crippen molar-refractivity contribution in [3.05, 3.63) is 24.8 Å². The van der Waals surface area contributed by atoms with E-state index in [4.69, 9.17) is 0 Å². The second kappa shape index (κ2) is 5.48. The first-order chi connectivity index (χ1) is 3.41. The zero-order chi connectivity index (χ0) is 5.54. The van der Waals surface area contributed by atoms with Crippen molar-refractivity contribution in [2.24, 2.45) is 0 Å². The first-order valence-corrected chi connectivity index (χ1v) is 2.59. The summed E-state index contributed by atoms with van der Waals surface area (Å²) in [6, 6.07) is 0. The predicted octanol–water partition coefficient (Wildman–Crippen LogP) is 2.33. The molecule has 0 heterocycles. The molecule has 0 heteroatoms. The first-order valence-electron chi connectivity index (χ1n) is 2.59. The van der Waals surface area contributed by atoms with Gasteiger partial charge in [-0.3, -0.25) is 0 Å². The molecule has 0 spiro atoms. The van der Waals surface area contributed by atoms with Crippen LogP contribution in [-0.4, -0.2) is 0 Å². The Labute approximate surface area is 45.5 Å². The lowest BCUT2D eigenvalue weighted by Gasteiger charge is -1.76. The van der Waals surface area contributed by atoms with Gasteiger partial charge in [0, 0.05) is 0 Å². The second-order valence-electron chi connectivity index (χ2n) is 1.40. The highest BCUT2D eigenvalue weighted by Gasteiger charge is 1.66. The molecule has 0 atom stereocenters. The predicted molar refractivity (Wildman–Crippen MR) is 32.9 cm³/mol. The van der Waals surface area contributed by atoms with Gasteiger partial charge < -0.3 is 0 Å². The molecule has 0 aliphatic rings. The van der Waals surface area contributed by atoms with Crippen LogP contribution in [0.2, 0.25) is 0 Å². The molecule has 0 N–H and O–H groups in total. The van der Waals surface area contributed by atoms with E-state index in [1.165, 1.54) is 6.42 Å². The van der Waals surface area contributed by atoms with Crippen molar-refractivity contribution in [2.75, 3.05) is 0 Å². The Morgan fingerprint density at radius 2 is 2.43 bits per heavy atom. The van der Waals surface area contributed by atoms with Gasteiger partial charge in [-0.2, -0.15) is 0 Å². The monoisotopic (exact) mass is 95.1 g/mol. The molecule has 0 saturated carbocycles. The van der Waals surface area contributed by atoms with Gasteiger partial charge in [0.15, 0.2) is 0 Å². The number of unbranched alkanes of at least 4 members (excludes halogenated alkanes) is 1. The van der Waals surface area contributed by atoms with Crippen molar-refractivity contribution in [2.45, 2.75) is 19.8 Å². The SMILES string of the molecule is C=[C]/C=C/CCC. The Kier molecular flexibility index (Phi) is 5.07. The number of allylic oxidation sites excluding steroid dienone is 3. The van der Waals surface area contributed by atoms with Crippen LogP contribution in [0.15, 0.2) is 18.7 Å². The van der Waals surface area contributed by atoms with Crippen molar-refractivity contribution in [1.29, 1.82) is 0 Å². The molecule has 0 aliphatic carbocycles. The molecular weight excluding hydrogens is 84.1 g/mol. The van der Waals surface area contributed by atoms with Crippen LogP contribution in [0.3, 0.4) is 0 Å². The van der Waals surface area contributed by atoms with Crippen molar-refractivity contribution < 1.29 is 0 Å². The van der Waals surface area contributed by atoms with E-state index in [1.807, 2.05) is 6.08 Å². The highest BCUT2D eigenvalue weighted by atomic mass is 13.7. The lowest BCUT2D eigenvalue weighted by Crippen LogP contribution is -1.57. The summed E-state index contributed by atoms with van der Waals surface area (Å²) in [5.41, 5.74) is 0. The molecule has 0 saturated heterocycles. The van der Waals surface area contributed by atoms with E-state index >= 15 is 0 Å². The van der Waals surface area contributed by atoms with Crippen LogP contribution in [0.25, 0.3) is 0 Å². The molecule has 0 aromatic rings. The van der Waals surface area contributed by atoms with Crippen LogP contribution in [-0.2, 0) is 0 Å². The second-order valence-corrected chi connectivity index (χ2v) is 1.40. The number of hydrogen-bond donors (Lipinski definition) is 0.